The summed E-state index contributed by atoms with van der Waals surface area (Å²) < 4.78 is 0. The van der Waals surface area contributed by atoms with E-state index in [1.807, 2.05) is 17.5 Å². The highest BCUT2D eigenvalue weighted by atomic mass is 32.1. The molecule has 1 unspecified atom stereocenters. The number of imide groups is 1. The van der Waals surface area contributed by atoms with Crippen molar-refractivity contribution in [2.45, 2.75) is 19.4 Å². The van der Waals surface area contributed by atoms with Crippen molar-refractivity contribution in [2.75, 3.05) is 6.54 Å². The number of carbonyl (C=O) groups is 3. The SMILES string of the molecule is CC1C(=O)NC(=O)CN1C(=O)Cc1cccs1. The van der Waals surface area contributed by atoms with E-state index in [1.54, 1.807) is 6.92 Å². The first kappa shape index (κ1) is 11.8. The highest BCUT2D eigenvalue weighted by Gasteiger charge is 2.33. The predicted molar refractivity (Wildman–Crippen MR) is 62.3 cm³/mol. The first-order valence-electron chi connectivity index (χ1n) is 5.23. The van der Waals surface area contributed by atoms with Crippen molar-refractivity contribution in [3.63, 3.8) is 0 Å². The number of carbonyl (C=O) groups excluding carboxylic acids is 3. The maximum Gasteiger partial charge on any atom is 0.249 e. The topological polar surface area (TPSA) is 66.5 Å². The average Bonchev–Trinajstić information content (AvgIpc) is 2.76. The fraction of sp³-hybridized carbons (Fsp3) is 0.364. The Kier molecular flexibility index (Phi) is 3.23. The molecule has 1 fully saturated rings. The Morgan fingerprint density at radius 2 is 2.35 bits per heavy atom. The molecule has 2 heterocycles. The van der Waals surface area contributed by atoms with Crippen LogP contribution in [0.25, 0.3) is 0 Å². The molecule has 5 nitrogen and oxygen atoms in total. The molecule has 3 amide bonds. The Labute approximate surface area is 102 Å². The molecule has 1 saturated heterocycles. The average molecular weight is 252 g/mol. The van der Waals surface area contributed by atoms with Crippen LogP contribution in [-0.2, 0) is 20.8 Å². The number of piperazine rings is 1. The molecule has 6 heteroatoms. The quantitative estimate of drug-likeness (QED) is 0.763. The second kappa shape index (κ2) is 4.67. The number of hydrogen-bond donors (Lipinski definition) is 1. The highest BCUT2D eigenvalue weighted by molar-refractivity contribution is 7.10. The van der Waals surface area contributed by atoms with Gasteiger partial charge < -0.3 is 4.90 Å². The number of nitrogens with zero attached hydrogens (tertiary/aromatic N) is 1. The molecule has 0 spiro atoms. The Hall–Kier alpha value is -1.69. The molecular weight excluding hydrogens is 240 g/mol. The van der Waals surface area contributed by atoms with Crippen LogP contribution in [0.2, 0.25) is 0 Å². The van der Waals surface area contributed by atoms with Crippen LogP contribution in [0.4, 0.5) is 0 Å². The Balaban J connectivity index is 2.07. The van der Waals surface area contributed by atoms with Crippen molar-refractivity contribution in [3.05, 3.63) is 22.4 Å². The molecule has 0 aromatic carbocycles. The van der Waals surface area contributed by atoms with E-state index >= 15 is 0 Å². The molecule has 0 saturated carbocycles. The number of hydrogen-bond acceptors (Lipinski definition) is 4. The highest BCUT2D eigenvalue weighted by Crippen LogP contribution is 2.13. The van der Waals surface area contributed by atoms with Crippen LogP contribution in [-0.4, -0.2) is 35.2 Å². The molecule has 0 bridgehead atoms. The van der Waals surface area contributed by atoms with Crippen LogP contribution >= 0.6 is 11.3 Å². The summed E-state index contributed by atoms with van der Waals surface area (Å²) in [5.41, 5.74) is 0. The Morgan fingerprint density at radius 1 is 1.59 bits per heavy atom. The second-order valence-electron chi connectivity index (χ2n) is 3.87. The molecule has 1 atom stereocenters. The normalized spacial score (nSPS) is 20.3. The van der Waals surface area contributed by atoms with E-state index in [0.29, 0.717) is 0 Å². The summed E-state index contributed by atoms with van der Waals surface area (Å²) in [6.07, 6.45) is 0.239. The van der Waals surface area contributed by atoms with Crippen molar-refractivity contribution in [2.24, 2.45) is 0 Å². The minimum absolute atomic E-state index is 0.0445. The third kappa shape index (κ3) is 2.52. The first-order chi connectivity index (χ1) is 8.08. The van der Waals surface area contributed by atoms with Gasteiger partial charge in [0.25, 0.3) is 0 Å². The molecule has 2 rings (SSSR count). The van der Waals surface area contributed by atoms with Crippen molar-refractivity contribution >= 4 is 29.1 Å². The van der Waals surface area contributed by atoms with E-state index in [9.17, 15) is 14.4 Å². The molecule has 0 radical (unpaired) electrons. The van der Waals surface area contributed by atoms with E-state index in [-0.39, 0.29) is 18.9 Å². The number of thiophene rings is 1. The van der Waals surface area contributed by atoms with Crippen LogP contribution in [0, 0.1) is 0 Å². The van der Waals surface area contributed by atoms with Gasteiger partial charge in [-0.05, 0) is 18.4 Å². The Morgan fingerprint density at radius 3 is 3.00 bits per heavy atom. The van der Waals surface area contributed by atoms with E-state index in [4.69, 9.17) is 0 Å². The summed E-state index contributed by atoms with van der Waals surface area (Å²) in [5.74, 6) is -1.03. The summed E-state index contributed by atoms with van der Waals surface area (Å²) in [7, 11) is 0. The molecule has 0 aliphatic carbocycles. The lowest BCUT2D eigenvalue weighted by molar-refractivity contribution is -0.149. The summed E-state index contributed by atoms with van der Waals surface area (Å²) >= 11 is 1.49. The van der Waals surface area contributed by atoms with Gasteiger partial charge in [-0.2, -0.15) is 0 Å². The lowest BCUT2D eigenvalue weighted by Gasteiger charge is -2.31. The summed E-state index contributed by atoms with van der Waals surface area (Å²) in [6, 6.07) is 3.14. The third-order valence-corrected chi connectivity index (χ3v) is 3.53. The number of amides is 3. The van der Waals surface area contributed by atoms with Crippen LogP contribution in [0.5, 0.6) is 0 Å². The van der Waals surface area contributed by atoms with Gasteiger partial charge in [-0.3, -0.25) is 19.7 Å². The van der Waals surface area contributed by atoms with Crippen molar-refractivity contribution < 1.29 is 14.4 Å². The minimum Gasteiger partial charge on any atom is -0.321 e. The molecular formula is C11H12N2O3S. The lowest BCUT2D eigenvalue weighted by Crippen LogP contribution is -2.58. The molecule has 17 heavy (non-hydrogen) atoms. The van der Waals surface area contributed by atoms with Gasteiger partial charge in [0.2, 0.25) is 17.7 Å². The van der Waals surface area contributed by atoms with Gasteiger partial charge >= 0.3 is 0 Å². The van der Waals surface area contributed by atoms with Gasteiger partial charge in [-0.25, -0.2) is 0 Å². The minimum atomic E-state index is -0.583. The largest absolute Gasteiger partial charge is 0.321 e. The predicted octanol–water partition coefficient (Wildman–Crippen LogP) is 0.164. The monoisotopic (exact) mass is 252 g/mol. The smallest absolute Gasteiger partial charge is 0.249 e. The van der Waals surface area contributed by atoms with Crippen LogP contribution < -0.4 is 5.32 Å². The fourth-order valence-corrected chi connectivity index (χ4v) is 2.38. The summed E-state index contributed by atoms with van der Waals surface area (Å²) in [5, 5.41) is 4.09. The van der Waals surface area contributed by atoms with E-state index in [2.05, 4.69) is 5.32 Å². The molecule has 1 aromatic heterocycles. The lowest BCUT2D eigenvalue weighted by atomic mass is 10.1. The summed E-state index contributed by atoms with van der Waals surface area (Å²) in [4.78, 5) is 36.8. The van der Waals surface area contributed by atoms with Crippen molar-refractivity contribution in [1.82, 2.24) is 10.2 Å². The first-order valence-corrected chi connectivity index (χ1v) is 6.11. The van der Waals surface area contributed by atoms with Gasteiger partial charge in [-0.15, -0.1) is 11.3 Å². The van der Waals surface area contributed by atoms with Gasteiger partial charge in [0.05, 0.1) is 6.42 Å². The molecule has 90 valence electrons. The van der Waals surface area contributed by atoms with E-state index < -0.39 is 17.9 Å². The molecule has 1 aromatic rings. The van der Waals surface area contributed by atoms with Gasteiger partial charge in [-0.1, -0.05) is 6.07 Å². The zero-order valence-electron chi connectivity index (χ0n) is 9.30. The third-order valence-electron chi connectivity index (χ3n) is 2.65. The fourth-order valence-electron chi connectivity index (χ4n) is 1.68. The molecule has 1 aliphatic rings. The molecule has 1 N–H and O–H groups in total. The Bertz CT molecular complexity index is 455. The van der Waals surface area contributed by atoms with Crippen molar-refractivity contribution in [3.8, 4) is 0 Å². The second-order valence-corrected chi connectivity index (χ2v) is 4.90. The van der Waals surface area contributed by atoms with Crippen LogP contribution in [0.1, 0.15) is 11.8 Å². The molecule has 1 aliphatic heterocycles. The zero-order valence-corrected chi connectivity index (χ0v) is 10.1. The maximum absolute atomic E-state index is 12.0. The van der Waals surface area contributed by atoms with Crippen LogP contribution in [0.3, 0.4) is 0 Å². The maximum atomic E-state index is 12.0. The zero-order chi connectivity index (χ0) is 12.4. The van der Waals surface area contributed by atoms with Gasteiger partial charge in [0.1, 0.15) is 12.6 Å². The van der Waals surface area contributed by atoms with Crippen LogP contribution in [0.15, 0.2) is 17.5 Å². The van der Waals surface area contributed by atoms with Gasteiger partial charge in [0.15, 0.2) is 0 Å². The summed E-state index contributed by atoms with van der Waals surface area (Å²) in [6.45, 7) is 1.57. The number of nitrogens with one attached hydrogen (secondary N) is 1. The van der Waals surface area contributed by atoms with E-state index in [1.165, 1.54) is 16.2 Å². The van der Waals surface area contributed by atoms with E-state index in [0.717, 1.165) is 4.88 Å². The van der Waals surface area contributed by atoms with Crippen molar-refractivity contribution in [1.29, 1.82) is 0 Å². The number of rotatable bonds is 2. The standard InChI is InChI=1S/C11H12N2O3S/c1-7-11(16)12-9(14)6-13(7)10(15)5-8-3-2-4-17-8/h2-4,7H,5-6H2,1H3,(H,12,14,16). The van der Waals surface area contributed by atoms with Gasteiger partial charge in [0, 0.05) is 4.88 Å².